The minimum atomic E-state index is -1.07. The molecule has 1 aliphatic rings. The van der Waals surface area contributed by atoms with E-state index in [0.717, 1.165) is 17.9 Å². The van der Waals surface area contributed by atoms with E-state index in [1.54, 1.807) is 6.20 Å². The maximum atomic E-state index is 12.9. The number of carbonyl (C=O) groups excluding carboxylic acids is 1. The minimum Gasteiger partial charge on any atom is -0.370 e. The molecule has 0 radical (unpaired) electrons. The van der Waals surface area contributed by atoms with Gasteiger partial charge in [-0.3, -0.25) is 4.79 Å². The van der Waals surface area contributed by atoms with Crippen molar-refractivity contribution in [2.24, 2.45) is 16.6 Å². The van der Waals surface area contributed by atoms with Gasteiger partial charge in [-0.2, -0.15) is 4.99 Å². The quantitative estimate of drug-likeness (QED) is 0.450. The van der Waals surface area contributed by atoms with Gasteiger partial charge in [0.25, 0.3) is 0 Å². The Morgan fingerprint density at radius 1 is 1.30 bits per heavy atom. The Morgan fingerprint density at radius 2 is 2.07 bits per heavy atom. The number of aliphatic imine (C=N–C) groups is 1. The second-order valence-electron chi connectivity index (χ2n) is 6.15. The maximum absolute atomic E-state index is 12.9. The molecule has 27 heavy (non-hydrogen) atoms. The van der Waals surface area contributed by atoms with Crippen LogP contribution in [0.5, 0.6) is 0 Å². The largest absolute Gasteiger partial charge is 0.370 e. The van der Waals surface area contributed by atoms with E-state index in [9.17, 15) is 9.18 Å². The predicted octanol–water partition coefficient (Wildman–Crippen LogP) is 1.97. The third-order valence-corrected chi connectivity index (χ3v) is 3.92. The number of hydrogen-bond acceptors (Lipinski definition) is 6. The van der Waals surface area contributed by atoms with E-state index in [-0.39, 0.29) is 24.0 Å². The fourth-order valence-electron chi connectivity index (χ4n) is 2.38. The molecule has 2 atom stereocenters. The zero-order valence-corrected chi connectivity index (χ0v) is 15.0. The maximum Gasteiger partial charge on any atom is 0.231 e. The molecule has 2 heterocycles. The van der Waals surface area contributed by atoms with Crippen LogP contribution in [0, 0.1) is 12.8 Å². The molecule has 1 amide bonds. The summed E-state index contributed by atoms with van der Waals surface area (Å²) in [6.07, 6.45) is 2.09. The monoisotopic (exact) mass is 372 g/mol. The molecule has 142 valence electrons. The third kappa shape index (κ3) is 4.87. The molecule has 0 aliphatic heterocycles. The molecule has 2 unspecified atom stereocenters. The van der Waals surface area contributed by atoms with Crippen molar-refractivity contribution >= 4 is 35.0 Å². The lowest BCUT2D eigenvalue weighted by Crippen LogP contribution is -2.23. The van der Waals surface area contributed by atoms with Gasteiger partial charge in [-0.1, -0.05) is 0 Å². The van der Waals surface area contributed by atoms with Crippen molar-refractivity contribution in [2.45, 2.75) is 26.4 Å². The Labute approximate surface area is 155 Å². The summed E-state index contributed by atoms with van der Waals surface area (Å²) in [5.41, 5.74) is 7.58. The predicted molar refractivity (Wildman–Crippen MR) is 102 cm³/mol. The van der Waals surface area contributed by atoms with E-state index < -0.39 is 18.0 Å². The first kappa shape index (κ1) is 18.5. The molecule has 1 aliphatic carbocycles. The average Bonchev–Trinajstić information content (AvgIpc) is 3.35. The average molecular weight is 372 g/mol. The van der Waals surface area contributed by atoms with Gasteiger partial charge in [0.05, 0.1) is 17.8 Å². The summed E-state index contributed by atoms with van der Waals surface area (Å²) in [6, 6.07) is 3.36. The molecule has 0 bridgehead atoms. The Kier molecular flexibility index (Phi) is 5.43. The van der Waals surface area contributed by atoms with Gasteiger partial charge < -0.3 is 21.7 Å². The normalized spacial score (nSPS) is 18.7. The van der Waals surface area contributed by atoms with Gasteiger partial charge in [-0.15, -0.1) is 0 Å². The van der Waals surface area contributed by atoms with Crippen LogP contribution >= 0.6 is 0 Å². The van der Waals surface area contributed by atoms with Crippen molar-refractivity contribution in [3.8, 4) is 0 Å². The summed E-state index contributed by atoms with van der Waals surface area (Å²) in [5, 5.41) is 8.64. The molecule has 10 heteroatoms. The summed E-state index contributed by atoms with van der Waals surface area (Å²) in [7, 11) is 0. The van der Waals surface area contributed by atoms with E-state index in [0.29, 0.717) is 5.69 Å². The van der Waals surface area contributed by atoms with E-state index in [4.69, 9.17) is 5.73 Å². The van der Waals surface area contributed by atoms with Crippen molar-refractivity contribution < 1.29 is 9.18 Å². The number of aryl methyl sites for hydroxylation is 1. The number of rotatable bonds is 6. The Morgan fingerprint density at radius 3 is 2.74 bits per heavy atom. The molecule has 0 spiro atoms. The highest BCUT2D eigenvalue weighted by Gasteiger charge is 2.43. The van der Waals surface area contributed by atoms with Gasteiger partial charge in [0, 0.05) is 12.6 Å². The number of anilines is 3. The molecule has 0 saturated heterocycles. The SMILES string of the molecule is CCNc1cc(C)c(NC(N)=Nc2cc(NC(=O)C3CC3F)ncn2)cn1. The van der Waals surface area contributed by atoms with Crippen LogP contribution in [-0.2, 0) is 4.79 Å². The highest BCUT2D eigenvalue weighted by atomic mass is 19.1. The van der Waals surface area contributed by atoms with E-state index in [1.807, 2.05) is 19.9 Å². The third-order valence-electron chi connectivity index (χ3n) is 3.92. The van der Waals surface area contributed by atoms with Crippen LogP contribution in [0.2, 0.25) is 0 Å². The van der Waals surface area contributed by atoms with Gasteiger partial charge in [0.1, 0.15) is 24.1 Å². The Hall–Kier alpha value is -3.30. The molecular formula is C17H21FN8O. The van der Waals surface area contributed by atoms with Gasteiger partial charge in [-0.05, 0) is 31.9 Å². The summed E-state index contributed by atoms with van der Waals surface area (Å²) in [5.74, 6) is 0.391. The van der Waals surface area contributed by atoms with Crippen LogP contribution in [0.4, 0.5) is 27.5 Å². The van der Waals surface area contributed by atoms with Crippen LogP contribution in [0.25, 0.3) is 0 Å². The fraction of sp³-hybridized carbons (Fsp3) is 0.353. The molecular weight excluding hydrogens is 351 g/mol. The summed E-state index contributed by atoms with van der Waals surface area (Å²) in [6.45, 7) is 4.70. The molecule has 2 aromatic heterocycles. The van der Waals surface area contributed by atoms with Gasteiger partial charge in [-0.25, -0.2) is 19.3 Å². The molecule has 3 rings (SSSR count). The first-order chi connectivity index (χ1) is 13.0. The second-order valence-corrected chi connectivity index (χ2v) is 6.15. The van der Waals surface area contributed by atoms with Gasteiger partial charge in [0.15, 0.2) is 11.8 Å². The number of carbonyl (C=O) groups is 1. The molecule has 9 nitrogen and oxygen atoms in total. The minimum absolute atomic E-state index is 0.109. The zero-order chi connectivity index (χ0) is 19.4. The Balaban J connectivity index is 1.67. The summed E-state index contributed by atoms with van der Waals surface area (Å²) >= 11 is 0. The van der Waals surface area contributed by atoms with Crippen molar-refractivity contribution in [2.75, 3.05) is 22.5 Å². The number of amides is 1. The van der Waals surface area contributed by atoms with Crippen LogP contribution in [0.15, 0.2) is 29.6 Å². The molecule has 0 aromatic carbocycles. The highest BCUT2D eigenvalue weighted by Crippen LogP contribution is 2.34. The lowest BCUT2D eigenvalue weighted by Gasteiger charge is -2.10. The zero-order valence-electron chi connectivity index (χ0n) is 15.0. The number of aromatic nitrogens is 3. The summed E-state index contributed by atoms with van der Waals surface area (Å²) < 4.78 is 12.9. The summed E-state index contributed by atoms with van der Waals surface area (Å²) in [4.78, 5) is 28.1. The molecule has 5 N–H and O–H groups in total. The first-order valence-corrected chi connectivity index (χ1v) is 8.55. The Bertz CT molecular complexity index is 872. The van der Waals surface area contributed by atoms with Crippen molar-refractivity contribution in [1.29, 1.82) is 0 Å². The number of nitrogens with one attached hydrogen (secondary N) is 3. The standard InChI is InChI=1S/C17H21FN8O/c1-3-20-13-4-9(2)12(7-21-13)24-17(19)26-15-6-14(22-8-23-15)25-16(27)10-5-11(10)18/h4,6-8,10-11H,3,5H2,1-2H3,(H,20,21)(H4,19,22,23,24,25,26,27). The second kappa shape index (κ2) is 7.94. The number of guanidine groups is 1. The topological polar surface area (TPSA) is 130 Å². The number of pyridine rings is 1. The first-order valence-electron chi connectivity index (χ1n) is 8.55. The van der Waals surface area contributed by atoms with Crippen molar-refractivity contribution in [1.82, 2.24) is 15.0 Å². The van der Waals surface area contributed by atoms with Crippen LogP contribution in [0.3, 0.4) is 0 Å². The van der Waals surface area contributed by atoms with E-state index >= 15 is 0 Å². The molecule has 1 fully saturated rings. The fourth-order valence-corrected chi connectivity index (χ4v) is 2.38. The number of halogens is 1. The van der Waals surface area contributed by atoms with Crippen molar-refractivity contribution in [3.05, 3.63) is 30.2 Å². The lowest BCUT2D eigenvalue weighted by molar-refractivity contribution is -0.117. The molecule has 1 saturated carbocycles. The molecule has 2 aromatic rings. The number of nitrogens with zero attached hydrogens (tertiary/aromatic N) is 4. The smallest absolute Gasteiger partial charge is 0.231 e. The van der Waals surface area contributed by atoms with Crippen LogP contribution in [0.1, 0.15) is 18.9 Å². The lowest BCUT2D eigenvalue weighted by atomic mass is 10.2. The number of nitrogens with two attached hydrogens (primary N) is 1. The van der Waals surface area contributed by atoms with Crippen LogP contribution in [-0.4, -0.2) is 39.5 Å². The van der Waals surface area contributed by atoms with E-state index in [1.165, 1.54) is 12.4 Å². The van der Waals surface area contributed by atoms with Crippen LogP contribution < -0.4 is 21.7 Å². The number of hydrogen-bond donors (Lipinski definition) is 4. The van der Waals surface area contributed by atoms with Crippen molar-refractivity contribution in [3.63, 3.8) is 0 Å². The van der Waals surface area contributed by atoms with E-state index in [2.05, 4.69) is 35.9 Å². The number of alkyl halides is 1. The highest BCUT2D eigenvalue weighted by molar-refractivity contribution is 5.95. The van der Waals surface area contributed by atoms with Gasteiger partial charge in [0.2, 0.25) is 5.91 Å². The van der Waals surface area contributed by atoms with Gasteiger partial charge >= 0.3 is 0 Å².